The molecule has 2 aromatic heterocycles. The highest BCUT2D eigenvalue weighted by Crippen LogP contribution is 2.22. The molecule has 0 spiro atoms. The fraction of sp³-hybridized carbons (Fsp3) is 0.292. The highest BCUT2D eigenvalue weighted by Gasteiger charge is 2.10. The first-order valence-corrected chi connectivity index (χ1v) is 10.7. The molecule has 1 aromatic carbocycles. The van der Waals surface area contributed by atoms with E-state index in [2.05, 4.69) is 30.9 Å². The highest BCUT2D eigenvalue weighted by atomic mass is 16.5. The Labute approximate surface area is 193 Å². The first-order chi connectivity index (χ1) is 16.0. The summed E-state index contributed by atoms with van der Waals surface area (Å²) in [5.74, 6) is 0.990. The summed E-state index contributed by atoms with van der Waals surface area (Å²) in [4.78, 5) is 36.7. The largest absolute Gasteiger partial charge is 0.496 e. The van der Waals surface area contributed by atoms with Gasteiger partial charge in [-0.15, -0.1) is 0 Å². The molecule has 2 heterocycles. The Bertz CT molecular complexity index is 1100. The van der Waals surface area contributed by atoms with Crippen molar-refractivity contribution in [3.05, 3.63) is 65.7 Å². The molecule has 0 saturated carbocycles. The fourth-order valence-electron chi connectivity index (χ4n) is 3.18. The lowest BCUT2D eigenvalue weighted by molar-refractivity contribution is 0.0945. The van der Waals surface area contributed by atoms with E-state index in [1.807, 2.05) is 25.1 Å². The molecule has 0 fully saturated rings. The van der Waals surface area contributed by atoms with Gasteiger partial charge in [0.05, 0.1) is 12.8 Å². The number of nitrogens with one attached hydrogen (secondary N) is 3. The van der Waals surface area contributed by atoms with Crippen LogP contribution in [0.5, 0.6) is 5.75 Å². The molecular weight excluding hydrogens is 420 g/mol. The monoisotopic (exact) mass is 448 g/mol. The Morgan fingerprint density at radius 1 is 1.00 bits per heavy atom. The molecule has 9 nitrogen and oxygen atoms in total. The number of hydrogen-bond acceptors (Lipinski definition) is 7. The van der Waals surface area contributed by atoms with Crippen molar-refractivity contribution in [1.82, 2.24) is 25.6 Å². The Hall–Kier alpha value is -4.01. The molecule has 3 aromatic rings. The standard InChI is InChI=1S/C24H28N6O3/c1-4-10-27-24(32)19-8-7-18(14-28-19)20-13-22(30-15-29-20)26-11-9-16-5-6-17(23(31)25-2)12-21(16)33-3/h5-8,12-15H,4,9-11H2,1-3H3,(H,25,31)(H,27,32)(H,26,29,30). The van der Waals surface area contributed by atoms with Crippen molar-refractivity contribution in [2.24, 2.45) is 0 Å². The maximum Gasteiger partial charge on any atom is 0.269 e. The summed E-state index contributed by atoms with van der Waals surface area (Å²) in [5.41, 5.74) is 3.39. The van der Waals surface area contributed by atoms with Crippen LogP contribution in [-0.2, 0) is 6.42 Å². The quantitative estimate of drug-likeness (QED) is 0.436. The number of pyridine rings is 1. The first kappa shape index (κ1) is 23.6. The number of amides is 2. The van der Waals surface area contributed by atoms with Gasteiger partial charge in [0.2, 0.25) is 0 Å². The second kappa shape index (κ2) is 11.6. The second-order valence-electron chi connectivity index (χ2n) is 7.26. The molecule has 0 aliphatic carbocycles. The van der Waals surface area contributed by atoms with Crippen molar-refractivity contribution in [3.63, 3.8) is 0 Å². The number of methoxy groups -OCH3 is 1. The number of rotatable bonds is 10. The zero-order valence-electron chi connectivity index (χ0n) is 19.0. The molecule has 33 heavy (non-hydrogen) atoms. The number of benzene rings is 1. The normalized spacial score (nSPS) is 10.4. The molecule has 3 rings (SSSR count). The Morgan fingerprint density at radius 2 is 1.85 bits per heavy atom. The van der Waals surface area contributed by atoms with Gasteiger partial charge in [0.15, 0.2) is 0 Å². The smallest absolute Gasteiger partial charge is 0.269 e. The lowest BCUT2D eigenvalue weighted by Gasteiger charge is -2.11. The van der Waals surface area contributed by atoms with Crippen molar-refractivity contribution in [2.75, 3.05) is 32.6 Å². The highest BCUT2D eigenvalue weighted by molar-refractivity contribution is 5.94. The number of aromatic nitrogens is 3. The lowest BCUT2D eigenvalue weighted by Crippen LogP contribution is -2.24. The minimum Gasteiger partial charge on any atom is -0.496 e. The van der Waals surface area contributed by atoms with Crippen LogP contribution in [0.15, 0.2) is 48.9 Å². The van der Waals surface area contributed by atoms with Crippen LogP contribution in [0.2, 0.25) is 0 Å². The summed E-state index contributed by atoms with van der Waals surface area (Å²) in [6, 6.07) is 10.7. The van der Waals surface area contributed by atoms with Gasteiger partial charge in [-0.3, -0.25) is 14.6 Å². The Balaban J connectivity index is 1.63. The molecule has 0 aliphatic heterocycles. The van der Waals surface area contributed by atoms with Gasteiger partial charge in [-0.05, 0) is 42.7 Å². The van der Waals surface area contributed by atoms with Gasteiger partial charge in [-0.2, -0.15) is 0 Å². The molecule has 0 unspecified atom stereocenters. The molecule has 0 bridgehead atoms. The summed E-state index contributed by atoms with van der Waals surface area (Å²) in [6.45, 7) is 3.23. The third-order valence-electron chi connectivity index (χ3n) is 4.97. The summed E-state index contributed by atoms with van der Waals surface area (Å²) in [6.07, 6.45) is 4.67. The minimum atomic E-state index is -0.188. The zero-order chi connectivity index (χ0) is 23.6. The van der Waals surface area contributed by atoms with Gasteiger partial charge in [-0.25, -0.2) is 9.97 Å². The van der Waals surface area contributed by atoms with E-state index in [1.54, 1.807) is 38.6 Å². The summed E-state index contributed by atoms with van der Waals surface area (Å²) in [7, 11) is 3.18. The zero-order valence-corrected chi connectivity index (χ0v) is 19.0. The lowest BCUT2D eigenvalue weighted by atomic mass is 10.1. The number of anilines is 1. The van der Waals surface area contributed by atoms with Gasteiger partial charge >= 0.3 is 0 Å². The topological polar surface area (TPSA) is 118 Å². The number of carbonyl (C=O) groups excluding carboxylic acids is 2. The Kier molecular flexibility index (Phi) is 8.29. The number of carbonyl (C=O) groups is 2. The van der Waals surface area contributed by atoms with Gasteiger partial charge in [0, 0.05) is 43.5 Å². The average molecular weight is 449 g/mol. The van der Waals surface area contributed by atoms with Crippen LogP contribution < -0.4 is 20.7 Å². The van der Waals surface area contributed by atoms with Crippen LogP contribution in [0.1, 0.15) is 39.8 Å². The molecule has 9 heteroatoms. The maximum absolute atomic E-state index is 12.0. The van der Waals surface area contributed by atoms with Gasteiger partial charge in [0.1, 0.15) is 23.6 Å². The third-order valence-corrected chi connectivity index (χ3v) is 4.97. The van der Waals surface area contributed by atoms with Crippen molar-refractivity contribution < 1.29 is 14.3 Å². The van der Waals surface area contributed by atoms with Crippen molar-refractivity contribution in [1.29, 1.82) is 0 Å². The van der Waals surface area contributed by atoms with E-state index in [-0.39, 0.29) is 11.8 Å². The number of nitrogens with zero attached hydrogens (tertiary/aromatic N) is 3. The predicted molar refractivity (Wildman–Crippen MR) is 126 cm³/mol. The summed E-state index contributed by atoms with van der Waals surface area (Å²) < 4.78 is 5.44. The van der Waals surface area contributed by atoms with Crippen LogP contribution in [0.4, 0.5) is 5.82 Å². The van der Waals surface area contributed by atoms with E-state index >= 15 is 0 Å². The molecule has 3 N–H and O–H groups in total. The van der Waals surface area contributed by atoms with Gasteiger partial charge in [-0.1, -0.05) is 13.0 Å². The van der Waals surface area contributed by atoms with Gasteiger partial charge in [0.25, 0.3) is 11.8 Å². The van der Waals surface area contributed by atoms with Crippen LogP contribution >= 0.6 is 0 Å². The summed E-state index contributed by atoms with van der Waals surface area (Å²) >= 11 is 0. The molecule has 0 atom stereocenters. The second-order valence-corrected chi connectivity index (χ2v) is 7.26. The number of ether oxygens (including phenoxy) is 1. The average Bonchev–Trinajstić information content (AvgIpc) is 2.87. The third kappa shape index (κ3) is 6.25. The fourth-order valence-corrected chi connectivity index (χ4v) is 3.18. The van der Waals surface area contributed by atoms with Crippen LogP contribution in [0.3, 0.4) is 0 Å². The molecular formula is C24H28N6O3. The van der Waals surface area contributed by atoms with E-state index in [4.69, 9.17) is 4.74 Å². The summed E-state index contributed by atoms with van der Waals surface area (Å²) in [5, 5.41) is 8.70. The SMILES string of the molecule is CCCNC(=O)c1ccc(-c2cc(NCCc3ccc(C(=O)NC)cc3OC)ncn2)cn1. The first-order valence-electron chi connectivity index (χ1n) is 10.7. The molecule has 172 valence electrons. The van der Waals surface area contributed by atoms with Crippen LogP contribution in [0.25, 0.3) is 11.3 Å². The van der Waals surface area contributed by atoms with E-state index < -0.39 is 0 Å². The molecule has 0 aliphatic rings. The molecule has 2 amide bonds. The van der Waals surface area contributed by atoms with E-state index in [1.165, 1.54) is 6.33 Å². The van der Waals surface area contributed by atoms with E-state index in [0.717, 1.165) is 17.5 Å². The molecule has 0 saturated heterocycles. The van der Waals surface area contributed by atoms with Crippen LogP contribution in [0, 0.1) is 0 Å². The molecule has 0 radical (unpaired) electrons. The van der Waals surface area contributed by atoms with Crippen LogP contribution in [-0.4, -0.2) is 54.0 Å². The van der Waals surface area contributed by atoms with Crippen molar-refractivity contribution in [3.8, 4) is 17.0 Å². The predicted octanol–water partition coefficient (Wildman–Crippen LogP) is 2.70. The van der Waals surface area contributed by atoms with Gasteiger partial charge < -0.3 is 20.7 Å². The van der Waals surface area contributed by atoms with E-state index in [9.17, 15) is 9.59 Å². The Morgan fingerprint density at radius 3 is 2.55 bits per heavy atom. The maximum atomic E-state index is 12.0. The van der Waals surface area contributed by atoms with Crippen molar-refractivity contribution >= 4 is 17.6 Å². The number of hydrogen-bond donors (Lipinski definition) is 3. The minimum absolute atomic E-state index is 0.157. The van der Waals surface area contributed by atoms with Crippen molar-refractivity contribution in [2.45, 2.75) is 19.8 Å². The van der Waals surface area contributed by atoms with E-state index in [0.29, 0.717) is 48.0 Å².